The Balaban J connectivity index is 1.93. The molecular weight excluding hydrogens is 448 g/mol. The number of nitrogens with one attached hydrogen (secondary N) is 1. The Kier molecular flexibility index (Phi) is 9.68. The number of ether oxygens (including phenoxy) is 3. The van der Waals surface area contributed by atoms with E-state index in [0.717, 1.165) is 5.56 Å². The number of hydrogen-bond donors (Lipinski definition) is 1. The first-order chi connectivity index (χ1) is 15.7. The number of nitrogens with zero attached hydrogens (tertiary/aromatic N) is 1. The van der Waals surface area contributed by atoms with Crippen LogP contribution in [0.4, 0.5) is 0 Å². The normalized spacial score (nSPS) is 11.2. The van der Waals surface area contributed by atoms with Crippen molar-refractivity contribution in [2.45, 2.75) is 25.7 Å². The minimum absolute atomic E-state index is 0.00267. The largest absolute Gasteiger partial charge is 0.495 e. The maximum atomic E-state index is 12.9. The van der Waals surface area contributed by atoms with Crippen LogP contribution in [0.5, 0.6) is 11.5 Å². The molecule has 180 valence electrons. The van der Waals surface area contributed by atoms with Gasteiger partial charge >= 0.3 is 5.97 Å². The Hall–Kier alpha value is -3.11. The van der Waals surface area contributed by atoms with Crippen LogP contribution in [0.25, 0.3) is 0 Å². The van der Waals surface area contributed by atoms with Crippen molar-refractivity contribution >= 4 is 21.9 Å². The standard InChI is InChI=1S/C23H30N2O7S/c1-5-25(6-2)33(28,29)21-15-18(10-11-20(21)30-4)23(27)32-16-22(26)24-12-13-31-19-9-7-8-17(3)14-19/h7-11,14-15H,5-6,12-13,16H2,1-4H3,(H,24,26). The van der Waals surface area contributed by atoms with Gasteiger partial charge in [-0.2, -0.15) is 4.31 Å². The zero-order chi connectivity index (χ0) is 24.4. The molecule has 0 bridgehead atoms. The monoisotopic (exact) mass is 478 g/mol. The first-order valence-corrected chi connectivity index (χ1v) is 12.0. The number of rotatable bonds is 12. The second-order valence-electron chi connectivity index (χ2n) is 7.05. The van der Waals surface area contributed by atoms with Gasteiger partial charge in [0, 0.05) is 13.1 Å². The van der Waals surface area contributed by atoms with Crippen LogP contribution < -0.4 is 14.8 Å². The van der Waals surface area contributed by atoms with Gasteiger partial charge in [0.2, 0.25) is 10.0 Å². The lowest BCUT2D eigenvalue weighted by Gasteiger charge is -2.20. The van der Waals surface area contributed by atoms with E-state index in [1.165, 1.54) is 29.6 Å². The van der Waals surface area contributed by atoms with Gasteiger partial charge in [-0.05, 0) is 42.8 Å². The average Bonchev–Trinajstić information content (AvgIpc) is 2.80. The predicted molar refractivity (Wildman–Crippen MR) is 123 cm³/mol. The van der Waals surface area contributed by atoms with Crippen molar-refractivity contribution in [3.05, 3.63) is 53.6 Å². The molecule has 0 saturated carbocycles. The zero-order valence-corrected chi connectivity index (χ0v) is 20.1. The number of sulfonamides is 1. The summed E-state index contributed by atoms with van der Waals surface area (Å²) in [5.74, 6) is -0.504. The summed E-state index contributed by atoms with van der Waals surface area (Å²) in [7, 11) is -2.52. The molecule has 0 spiro atoms. The van der Waals surface area contributed by atoms with Gasteiger partial charge in [0.1, 0.15) is 23.0 Å². The molecule has 0 aromatic heterocycles. The third kappa shape index (κ3) is 7.19. The topological polar surface area (TPSA) is 111 Å². The molecule has 33 heavy (non-hydrogen) atoms. The highest BCUT2D eigenvalue weighted by atomic mass is 32.2. The summed E-state index contributed by atoms with van der Waals surface area (Å²) >= 11 is 0. The average molecular weight is 479 g/mol. The third-order valence-corrected chi connectivity index (χ3v) is 6.81. The van der Waals surface area contributed by atoms with E-state index in [-0.39, 0.29) is 42.4 Å². The molecule has 0 heterocycles. The first kappa shape index (κ1) is 26.1. The van der Waals surface area contributed by atoms with Crippen molar-refractivity contribution in [2.24, 2.45) is 0 Å². The Morgan fingerprint density at radius 1 is 1.06 bits per heavy atom. The molecular formula is C23H30N2O7S. The number of esters is 1. The maximum absolute atomic E-state index is 12.9. The Bertz CT molecular complexity index is 1070. The number of aryl methyl sites for hydroxylation is 1. The van der Waals surface area contributed by atoms with E-state index in [0.29, 0.717) is 5.75 Å². The second kappa shape index (κ2) is 12.2. The van der Waals surface area contributed by atoms with Crippen LogP contribution in [0.3, 0.4) is 0 Å². The van der Waals surface area contributed by atoms with E-state index in [9.17, 15) is 18.0 Å². The third-order valence-electron chi connectivity index (χ3n) is 4.74. The van der Waals surface area contributed by atoms with Crippen LogP contribution in [0.1, 0.15) is 29.8 Å². The quantitative estimate of drug-likeness (QED) is 0.368. The second-order valence-corrected chi connectivity index (χ2v) is 8.95. The fourth-order valence-electron chi connectivity index (χ4n) is 3.04. The lowest BCUT2D eigenvalue weighted by Crippen LogP contribution is -2.32. The molecule has 10 heteroatoms. The van der Waals surface area contributed by atoms with Gasteiger partial charge in [0.15, 0.2) is 6.61 Å². The van der Waals surface area contributed by atoms with Crippen LogP contribution in [0.2, 0.25) is 0 Å². The molecule has 2 aromatic carbocycles. The van der Waals surface area contributed by atoms with Crippen LogP contribution in [-0.4, -0.2) is 64.6 Å². The molecule has 0 saturated heterocycles. The van der Waals surface area contributed by atoms with Gasteiger partial charge in [0.25, 0.3) is 5.91 Å². The van der Waals surface area contributed by atoms with Gasteiger partial charge in [0.05, 0.1) is 19.2 Å². The van der Waals surface area contributed by atoms with Crippen LogP contribution in [0, 0.1) is 6.92 Å². The SMILES string of the molecule is CCN(CC)S(=O)(=O)c1cc(C(=O)OCC(=O)NCCOc2cccc(C)c2)ccc1OC. The highest BCUT2D eigenvalue weighted by Crippen LogP contribution is 2.28. The first-order valence-electron chi connectivity index (χ1n) is 10.5. The minimum atomic E-state index is -3.86. The fourth-order valence-corrected chi connectivity index (χ4v) is 4.68. The van der Waals surface area contributed by atoms with E-state index >= 15 is 0 Å². The summed E-state index contributed by atoms with van der Waals surface area (Å²) in [5, 5.41) is 2.59. The molecule has 0 fully saturated rings. The van der Waals surface area contributed by atoms with E-state index in [2.05, 4.69) is 5.32 Å². The molecule has 1 N–H and O–H groups in total. The van der Waals surface area contributed by atoms with E-state index in [1.807, 2.05) is 31.2 Å². The molecule has 0 aliphatic carbocycles. The van der Waals surface area contributed by atoms with Crippen LogP contribution in [0.15, 0.2) is 47.4 Å². The Morgan fingerprint density at radius 2 is 1.79 bits per heavy atom. The van der Waals surface area contributed by atoms with Crippen LogP contribution >= 0.6 is 0 Å². The molecule has 0 aliphatic rings. The number of carbonyl (C=O) groups is 2. The Labute approximate surface area is 194 Å². The summed E-state index contributed by atoms with van der Waals surface area (Å²) < 4.78 is 42.8. The molecule has 2 rings (SSSR count). The van der Waals surface area contributed by atoms with Crippen molar-refractivity contribution < 1.29 is 32.2 Å². The van der Waals surface area contributed by atoms with Gasteiger partial charge in [-0.1, -0.05) is 26.0 Å². The van der Waals surface area contributed by atoms with Crippen molar-refractivity contribution in [1.29, 1.82) is 0 Å². The molecule has 0 aliphatic heterocycles. The van der Waals surface area contributed by atoms with Gasteiger partial charge in [-0.25, -0.2) is 13.2 Å². The van der Waals surface area contributed by atoms with Crippen molar-refractivity contribution in [1.82, 2.24) is 9.62 Å². The van der Waals surface area contributed by atoms with Crippen molar-refractivity contribution in [3.8, 4) is 11.5 Å². The van der Waals surface area contributed by atoms with Gasteiger partial charge in [-0.15, -0.1) is 0 Å². The number of methoxy groups -OCH3 is 1. The number of amides is 1. The van der Waals surface area contributed by atoms with E-state index in [1.54, 1.807) is 13.8 Å². The molecule has 0 radical (unpaired) electrons. The predicted octanol–water partition coefficient (Wildman–Crippen LogP) is 2.39. The highest BCUT2D eigenvalue weighted by molar-refractivity contribution is 7.89. The maximum Gasteiger partial charge on any atom is 0.338 e. The molecule has 1 amide bonds. The lowest BCUT2D eigenvalue weighted by molar-refractivity contribution is -0.124. The molecule has 9 nitrogen and oxygen atoms in total. The summed E-state index contributed by atoms with van der Waals surface area (Å²) in [6, 6.07) is 11.5. The highest BCUT2D eigenvalue weighted by Gasteiger charge is 2.27. The smallest absolute Gasteiger partial charge is 0.338 e. The van der Waals surface area contributed by atoms with E-state index < -0.39 is 28.5 Å². The number of benzene rings is 2. The number of carbonyl (C=O) groups excluding carboxylic acids is 2. The summed E-state index contributed by atoms with van der Waals surface area (Å²) in [4.78, 5) is 24.2. The summed E-state index contributed by atoms with van der Waals surface area (Å²) in [6.45, 7) is 5.91. The fraction of sp³-hybridized carbons (Fsp3) is 0.391. The summed E-state index contributed by atoms with van der Waals surface area (Å²) in [5.41, 5.74) is 1.06. The zero-order valence-electron chi connectivity index (χ0n) is 19.3. The molecule has 0 atom stereocenters. The molecule has 2 aromatic rings. The molecule has 0 unspecified atom stereocenters. The summed E-state index contributed by atoms with van der Waals surface area (Å²) in [6.07, 6.45) is 0. The van der Waals surface area contributed by atoms with Crippen molar-refractivity contribution in [3.63, 3.8) is 0 Å². The van der Waals surface area contributed by atoms with Gasteiger partial charge < -0.3 is 19.5 Å². The minimum Gasteiger partial charge on any atom is -0.495 e. The lowest BCUT2D eigenvalue weighted by atomic mass is 10.2. The van der Waals surface area contributed by atoms with E-state index in [4.69, 9.17) is 14.2 Å². The number of hydrogen-bond acceptors (Lipinski definition) is 7. The van der Waals surface area contributed by atoms with Crippen LogP contribution in [-0.2, 0) is 19.6 Å². The van der Waals surface area contributed by atoms with Crippen molar-refractivity contribution in [2.75, 3.05) is 40.0 Å². The van der Waals surface area contributed by atoms with Gasteiger partial charge in [-0.3, -0.25) is 4.79 Å². The Morgan fingerprint density at radius 3 is 2.42 bits per heavy atom.